The summed E-state index contributed by atoms with van der Waals surface area (Å²) in [4.78, 5) is 4.65. The van der Waals surface area contributed by atoms with Crippen LogP contribution in [0.5, 0.6) is 0 Å². The van der Waals surface area contributed by atoms with Crippen LogP contribution in [0.2, 0.25) is 0 Å². The molecule has 0 radical (unpaired) electrons. The number of fused-ring (bicyclic) bond motifs is 1. The second-order valence-electron chi connectivity index (χ2n) is 6.67. The normalized spacial score (nSPS) is 12.4. The van der Waals surface area contributed by atoms with E-state index in [1.807, 2.05) is 51.8 Å². The fraction of sp³-hybridized carbons (Fsp3) is 0.190. The highest BCUT2D eigenvalue weighted by atomic mass is 15.4. The lowest BCUT2D eigenvalue weighted by Crippen LogP contribution is -2.15. The molecule has 0 amide bonds. The molecule has 2 N–H and O–H groups in total. The molecule has 0 saturated carbocycles. The molecule has 0 aliphatic rings. The first-order valence-corrected chi connectivity index (χ1v) is 8.93. The Bertz CT molecular complexity index is 1090. The number of hydrogen-bond acceptors (Lipinski definition) is 4. The zero-order valence-electron chi connectivity index (χ0n) is 15.3. The van der Waals surface area contributed by atoms with Crippen LogP contribution < -0.4 is 5.73 Å². The number of pyridine rings is 1. The van der Waals surface area contributed by atoms with Crippen molar-refractivity contribution in [3.05, 3.63) is 89.6 Å². The van der Waals surface area contributed by atoms with Crippen molar-refractivity contribution < 1.29 is 0 Å². The summed E-state index contributed by atoms with van der Waals surface area (Å²) in [5.74, 6) is -0.0170. The lowest BCUT2D eigenvalue weighted by atomic mass is 9.92. The van der Waals surface area contributed by atoms with E-state index < -0.39 is 0 Å². The first-order chi connectivity index (χ1) is 13.2. The summed E-state index contributed by atoms with van der Waals surface area (Å²) in [7, 11) is 0. The molecule has 6 heteroatoms. The molecule has 1 atom stereocenters. The minimum atomic E-state index is -0.0170. The maximum atomic E-state index is 6.06. The molecular formula is C21H22N6. The van der Waals surface area contributed by atoms with Crippen LogP contribution in [0.25, 0.3) is 11.7 Å². The van der Waals surface area contributed by atoms with Gasteiger partial charge in [0.2, 0.25) is 0 Å². The van der Waals surface area contributed by atoms with Crippen LogP contribution in [0, 0.1) is 6.92 Å². The molecule has 1 aromatic carbocycles. The molecule has 1 unspecified atom stereocenters. The maximum absolute atomic E-state index is 6.06. The molecular weight excluding hydrogens is 336 g/mol. The standard InChI is InChI=1S/C21H22N6/c1-3-16-6-4-5-7-18(16)19(10-22)20-14-27(25-24-20)13-17-12-26-11-15(2)8-9-21(26)23-17/h3-9,11-12,14,19H,1,10,13,22H2,2H3. The van der Waals surface area contributed by atoms with Gasteiger partial charge in [0.1, 0.15) is 5.65 Å². The van der Waals surface area contributed by atoms with Gasteiger partial charge in [-0.15, -0.1) is 5.10 Å². The number of hydrogen-bond donors (Lipinski definition) is 1. The van der Waals surface area contributed by atoms with Crippen molar-refractivity contribution in [3.8, 4) is 0 Å². The van der Waals surface area contributed by atoms with Gasteiger partial charge >= 0.3 is 0 Å². The Morgan fingerprint density at radius 1 is 1.15 bits per heavy atom. The maximum Gasteiger partial charge on any atom is 0.137 e. The van der Waals surface area contributed by atoms with Crippen molar-refractivity contribution in [3.63, 3.8) is 0 Å². The van der Waals surface area contributed by atoms with Gasteiger partial charge in [-0.05, 0) is 29.7 Å². The van der Waals surface area contributed by atoms with Crippen molar-refractivity contribution in [2.24, 2.45) is 5.73 Å². The summed E-state index contributed by atoms with van der Waals surface area (Å²) >= 11 is 0. The number of nitrogens with zero attached hydrogens (tertiary/aromatic N) is 5. The average molecular weight is 358 g/mol. The van der Waals surface area contributed by atoms with Crippen LogP contribution in [0.1, 0.15) is 34.0 Å². The van der Waals surface area contributed by atoms with Crippen LogP contribution >= 0.6 is 0 Å². The second kappa shape index (κ2) is 7.17. The molecule has 0 aliphatic heterocycles. The third-order valence-corrected chi connectivity index (χ3v) is 4.71. The predicted octanol–water partition coefficient (Wildman–Crippen LogP) is 3.02. The van der Waals surface area contributed by atoms with Crippen molar-refractivity contribution in [2.45, 2.75) is 19.4 Å². The highest BCUT2D eigenvalue weighted by molar-refractivity contribution is 5.54. The van der Waals surface area contributed by atoms with Gasteiger partial charge in [-0.2, -0.15) is 0 Å². The van der Waals surface area contributed by atoms with Gasteiger partial charge in [0.25, 0.3) is 0 Å². The van der Waals surface area contributed by atoms with Crippen molar-refractivity contribution in [2.75, 3.05) is 6.54 Å². The van der Waals surface area contributed by atoms with Crippen molar-refractivity contribution >= 4 is 11.7 Å². The Balaban J connectivity index is 1.60. The number of benzene rings is 1. The summed E-state index contributed by atoms with van der Waals surface area (Å²) < 4.78 is 3.84. The molecule has 0 aliphatic carbocycles. The number of aromatic nitrogens is 5. The summed E-state index contributed by atoms with van der Waals surface area (Å²) in [6.45, 7) is 6.98. The number of aryl methyl sites for hydroxylation is 1. The highest BCUT2D eigenvalue weighted by Gasteiger charge is 2.18. The van der Waals surface area contributed by atoms with E-state index in [2.05, 4.69) is 47.1 Å². The topological polar surface area (TPSA) is 74.0 Å². The number of rotatable bonds is 6. The lowest BCUT2D eigenvalue weighted by molar-refractivity contribution is 0.640. The van der Waals surface area contributed by atoms with Gasteiger partial charge in [0.15, 0.2) is 0 Å². The lowest BCUT2D eigenvalue weighted by Gasteiger charge is -2.14. The highest BCUT2D eigenvalue weighted by Crippen LogP contribution is 2.25. The van der Waals surface area contributed by atoms with Crippen LogP contribution in [0.15, 0.2) is 61.6 Å². The van der Waals surface area contributed by atoms with Gasteiger partial charge < -0.3 is 10.1 Å². The largest absolute Gasteiger partial charge is 0.329 e. The number of imidazole rings is 1. The van der Waals surface area contributed by atoms with Gasteiger partial charge in [0, 0.05) is 31.1 Å². The molecule has 0 spiro atoms. The summed E-state index contributed by atoms with van der Waals surface area (Å²) in [5.41, 5.74) is 12.2. The Morgan fingerprint density at radius 3 is 2.81 bits per heavy atom. The SMILES string of the molecule is C=Cc1ccccc1C(CN)c1cn(Cc2cn3cc(C)ccc3n2)nn1. The molecule has 136 valence electrons. The zero-order chi connectivity index (χ0) is 18.8. The van der Waals surface area contributed by atoms with Crippen LogP contribution in [0.4, 0.5) is 0 Å². The molecule has 27 heavy (non-hydrogen) atoms. The van der Waals surface area contributed by atoms with E-state index in [0.29, 0.717) is 13.1 Å². The quantitative estimate of drug-likeness (QED) is 0.575. The van der Waals surface area contributed by atoms with Crippen molar-refractivity contribution in [1.82, 2.24) is 24.4 Å². The first-order valence-electron chi connectivity index (χ1n) is 8.93. The molecule has 3 aromatic heterocycles. The van der Waals surface area contributed by atoms with Crippen LogP contribution in [0.3, 0.4) is 0 Å². The van der Waals surface area contributed by atoms with E-state index >= 15 is 0 Å². The Labute approximate surface area is 158 Å². The van der Waals surface area contributed by atoms with E-state index in [4.69, 9.17) is 5.73 Å². The molecule has 6 nitrogen and oxygen atoms in total. The van der Waals surface area contributed by atoms with E-state index in [1.54, 1.807) is 0 Å². The second-order valence-corrected chi connectivity index (χ2v) is 6.67. The monoisotopic (exact) mass is 358 g/mol. The Morgan fingerprint density at radius 2 is 2.00 bits per heavy atom. The Hall–Kier alpha value is -3.25. The van der Waals surface area contributed by atoms with Gasteiger partial charge in [-0.1, -0.05) is 48.2 Å². The fourth-order valence-corrected chi connectivity index (χ4v) is 3.37. The fourth-order valence-electron chi connectivity index (χ4n) is 3.37. The van der Waals surface area contributed by atoms with Gasteiger partial charge in [0.05, 0.1) is 17.9 Å². The third kappa shape index (κ3) is 3.39. The summed E-state index contributed by atoms with van der Waals surface area (Å²) in [6, 6.07) is 12.2. The molecule has 0 bridgehead atoms. The number of nitrogens with two attached hydrogens (primary N) is 1. The molecule has 0 fully saturated rings. The van der Waals surface area contributed by atoms with E-state index in [9.17, 15) is 0 Å². The van der Waals surface area contributed by atoms with Gasteiger partial charge in [-0.3, -0.25) is 0 Å². The molecule has 4 rings (SSSR count). The van der Waals surface area contributed by atoms with Gasteiger partial charge in [-0.25, -0.2) is 9.67 Å². The minimum Gasteiger partial charge on any atom is -0.329 e. The summed E-state index contributed by atoms with van der Waals surface area (Å²) in [5, 5.41) is 8.65. The first kappa shape index (κ1) is 17.2. The van der Waals surface area contributed by atoms with E-state index in [0.717, 1.165) is 28.2 Å². The van der Waals surface area contributed by atoms with Crippen molar-refractivity contribution in [1.29, 1.82) is 0 Å². The molecule has 4 aromatic rings. The molecule has 3 heterocycles. The van der Waals surface area contributed by atoms with Crippen LogP contribution in [-0.4, -0.2) is 30.9 Å². The predicted molar refractivity (Wildman–Crippen MR) is 106 cm³/mol. The van der Waals surface area contributed by atoms with E-state index in [-0.39, 0.29) is 5.92 Å². The molecule has 0 saturated heterocycles. The zero-order valence-corrected chi connectivity index (χ0v) is 15.3. The smallest absolute Gasteiger partial charge is 0.137 e. The van der Waals surface area contributed by atoms with E-state index in [1.165, 1.54) is 5.56 Å². The summed E-state index contributed by atoms with van der Waals surface area (Å²) in [6.07, 6.45) is 7.89. The third-order valence-electron chi connectivity index (χ3n) is 4.71. The minimum absolute atomic E-state index is 0.0170. The van der Waals surface area contributed by atoms with Crippen LogP contribution in [-0.2, 0) is 6.54 Å². The Kier molecular flexibility index (Phi) is 4.56. The average Bonchev–Trinajstić information content (AvgIpc) is 3.29.